The van der Waals surface area contributed by atoms with Crippen LogP contribution in [0.4, 0.5) is 17.6 Å². The fourth-order valence-electron chi connectivity index (χ4n) is 2.71. The van der Waals surface area contributed by atoms with Crippen molar-refractivity contribution in [1.29, 1.82) is 0 Å². The highest BCUT2D eigenvalue weighted by Crippen LogP contribution is 2.39. The maximum Gasteiger partial charge on any atom is 0.227 e. The number of H-pyrrole nitrogens is 1. The molecule has 1 saturated heterocycles. The van der Waals surface area contributed by atoms with Crippen LogP contribution in [0.3, 0.4) is 0 Å². The molecule has 1 aliphatic carbocycles. The number of nitrogens with zero attached hydrogens (tertiary/aromatic N) is 5. The van der Waals surface area contributed by atoms with Crippen molar-refractivity contribution in [3.05, 3.63) is 24.0 Å². The standard InChI is InChI=1S/C15H21N7/c1-21-6-8-22(9-7-21)15-16-5-4-13(18-15)17-14-10-12(19-20-14)11-2-3-11/h4-5,10-11H,2-3,6-9H2,1H3,(H2,16,17,18,19,20). The normalized spacial score (nSPS) is 19.4. The van der Waals surface area contributed by atoms with Crippen LogP contribution < -0.4 is 10.2 Å². The molecule has 0 amide bonds. The van der Waals surface area contributed by atoms with E-state index in [0.29, 0.717) is 5.92 Å². The summed E-state index contributed by atoms with van der Waals surface area (Å²) in [5.74, 6) is 3.08. The molecule has 0 unspecified atom stereocenters. The summed E-state index contributed by atoms with van der Waals surface area (Å²) in [6.07, 6.45) is 4.34. The van der Waals surface area contributed by atoms with Crippen LogP contribution in [-0.2, 0) is 0 Å². The summed E-state index contributed by atoms with van der Waals surface area (Å²) in [5.41, 5.74) is 1.22. The van der Waals surface area contributed by atoms with E-state index in [0.717, 1.165) is 43.8 Å². The Morgan fingerprint density at radius 2 is 2.00 bits per heavy atom. The van der Waals surface area contributed by atoms with Crippen LogP contribution >= 0.6 is 0 Å². The van der Waals surface area contributed by atoms with Crippen molar-refractivity contribution in [2.24, 2.45) is 0 Å². The smallest absolute Gasteiger partial charge is 0.227 e. The highest BCUT2D eigenvalue weighted by atomic mass is 15.3. The van der Waals surface area contributed by atoms with Gasteiger partial charge in [-0.25, -0.2) is 4.98 Å². The van der Waals surface area contributed by atoms with Crippen LogP contribution in [0.2, 0.25) is 0 Å². The summed E-state index contributed by atoms with van der Waals surface area (Å²) in [7, 11) is 2.14. The van der Waals surface area contributed by atoms with Crippen molar-refractivity contribution >= 4 is 17.6 Å². The van der Waals surface area contributed by atoms with Crippen LogP contribution in [0.5, 0.6) is 0 Å². The van der Waals surface area contributed by atoms with E-state index in [-0.39, 0.29) is 0 Å². The average Bonchev–Trinajstić information content (AvgIpc) is 3.29. The molecule has 0 aromatic carbocycles. The molecule has 2 aromatic rings. The molecular weight excluding hydrogens is 278 g/mol. The molecule has 22 heavy (non-hydrogen) atoms. The van der Waals surface area contributed by atoms with Gasteiger partial charge in [0.1, 0.15) is 5.82 Å². The van der Waals surface area contributed by atoms with Gasteiger partial charge < -0.3 is 15.1 Å². The first kappa shape index (κ1) is 13.5. The minimum atomic E-state index is 0.675. The Bertz CT molecular complexity index is 641. The molecule has 2 fully saturated rings. The molecule has 3 heterocycles. The summed E-state index contributed by atoms with van der Waals surface area (Å²) in [6, 6.07) is 3.96. The number of hydrogen-bond donors (Lipinski definition) is 2. The number of nitrogens with one attached hydrogen (secondary N) is 2. The van der Waals surface area contributed by atoms with Gasteiger partial charge in [-0.1, -0.05) is 0 Å². The average molecular weight is 299 g/mol. The van der Waals surface area contributed by atoms with E-state index in [1.165, 1.54) is 18.5 Å². The summed E-state index contributed by atoms with van der Waals surface area (Å²) in [5, 5.41) is 10.7. The van der Waals surface area contributed by atoms with Crippen molar-refractivity contribution in [1.82, 2.24) is 25.1 Å². The Hall–Kier alpha value is -2.15. The van der Waals surface area contributed by atoms with Crippen molar-refractivity contribution in [2.75, 3.05) is 43.4 Å². The van der Waals surface area contributed by atoms with Crippen molar-refractivity contribution in [3.63, 3.8) is 0 Å². The van der Waals surface area contributed by atoms with Crippen molar-refractivity contribution in [3.8, 4) is 0 Å². The lowest BCUT2D eigenvalue weighted by atomic mass is 10.3. The quantitative estimate of drug-likeness (QED) is 0.893. The van der Waals surface area contributed by atoms with Gasteiger partial charge in [0.05, 0.1) is 0 Å². The fourth-order valence-corrected chi connectivity index (χ4v) is 2.71. The molecule has 0 bridgehead atoms. The lowest BCUT2D eigenvalue weighted by molar-refractivity contribution is 0.311. The summed E-state index contributed by atoms with van der Waals surface area (Å²) in [6.45, 7) is 4.03. The van der Waals surface area contributed by atoms with Gasteiger partial charge in [0.25, 0.3) is 0 Å². The van der Waals surface area contributed by atoms with E-state index in [1.54, 1.807) is 6.20 Å². The molecule has 116 valence electrons. The van der Waals surface area contributed by atoms with Gasteiger partial charge in [0.2, 0.25) is 5.95 Å². The number of anilines is 3. The van der Waals surface area contributed by atoms with Crippen LogP contribution in [0.25, 0.3) is 0 Å². The Morgan fingerprint density at radius 1 is 1.18 bits per heavy atom. The van der Waals surface area contributed by atoms with Gasteiger partial charge in [-0.05, 0) is 26.0 Å². The lowest BCUT2D eigenvalue weighted by Crippen LogP contribution is -2.45. The molecular formula is C15H21N7. The molecule has 2 aromatic heterocycles. The van der Waals surface area contributed by atoms with Crippen LogP contribution in [0.15, 0.2) is 18.3 Å². The molecule has 1 saturated carbocycles. The number of piperazine rings is 1. The minimum Gasteiger partial charge on any atom is -0.338 e. The molecule has 0 spiro atoms. The Labute approximate surface area is 129 Å². The van der Waals surface area contributed by atoms with Gasteiger partial charge in [-0.3, -0.25) is 5.10 Å². The SMILES string of the molecule is CN1CCN(c2nccc(Nc3cc(C4CC4)[nH]n3)n2)CC1. The zero-order chi connectivity index (χ0) is 14.9. The molecule has 7 heteroatoms. The number of hydrogen-bond acceptors (Lipinski definition) is 6. The zero-order valence-electron chi connectivity index (χ0n) is 12.8. The summed E-state index contributed by atoms with van der Waals surface area (Å²) < 4.78 is 0. The first-order valence-electron chi connectivity index (χ1n) is 7.87. The molecule has 4 rings (SSSR count). The molecule has 2 N–H and O–H groups in total. The number of aromatic nitrogens is 4. The molecule has 7 nitrogen and oxygen atoms in total. The largest absolute Gasteiger partial charge is 0.338 e. The van der Waals surface area contributed by atoms with Crippen LogP contribution in [0.1, 0.15) is 24.5 Å². The third kappa shape index (κ3) is 2.89. The van der Waals surface area contributed by atoms with Gasteiger partial charge in [-0.15, -0.1) is 0 Å². The monoisotopic (exact) mass is 299 g/mol. The third-order valence-electron chi connectivity index (χ3n) is 4.30. The summed E-state index contributed by atoms with van der Waals surface area (Å²) >= 11 is 0. The number of rotatable bonds is 4. The Morgan fingerprint density at radius 3 is 2.77 bits per heavy atom. The maximum absolute atomic E-state index is 4.62. The predicted molar refractivity (Wildman–Crippen MR) is 85.6 cm³/mol. The van der Waals surface area contributed by atoms with E-state index in [4.69, 9.17) is 0 Å². The highest BCUT2D eigenvalue weighted by molar-refractivity contribution is 5.53. The molecule has 0 radical (unpaired) electrons. The lowest BCUT2D eigenvalue weighted by Gasteiger charge is -2.32. The number of likely N-dealkylation sites (N-methyl/N-ethyl adjacent to an activating group) is 1. The van der Waals surface area contributed by atoms with Gasteiger partial charge in [0.15, 0.2) is 5.82 Å². The molecule has 1 aliphatic heterocycles. The topological polar surface area (TPSA) is 73.0 Å². The predicted octanol–water partition coefficient (Wildman–Crippen LogP) is 1.57. The number of aromatic amines is 1. The Kier molecular flexibility index (Phi) is 3.42. The Balaban J connectivity index is 1.46. The highest BCUT2D eigenvalue weighted by Gasteiger charge is 2.25. The molecule has 2 aliphatic rings. The summed E-state index contributed by atoms with van der Waals surface area (Å²) in [4.78, 5) is 13.6. The van der Waals surface area contributed by atoms with Crippen LogP contribution in [-0.4, -0.2) is 58.3 Å². The van der Waals surface area contributed by atoms with Gasteiger partial charge in [-0.2, -0.15) is 10.1 Å². The van der Waals surface area contributed by atoms with Crippen LogP contribution in [0, 0.1) is 0 Å². The second-order valence-corrected chi connectivity index (χ2v) is 6.14. The van der Waals surface area contributed by atoms with E-state index < -0.39 is 0 Å². The van der Waals surface area contributed by atoms with Crippen molar-refractivity contribution < 1.29 is 0 Å². The zero-order valence-corrected chi connectivity index (χ0v) is 12.8. The van der Waals surface area contributed by atoms with E-state index in [9.17, 15) is 0 Å². The molecule has 0 atom stereocenters. The van der Waals surface area contributed by atoms with E-state index in [2.05, 4.69) is 48.4 Å². The third-order valence-corrected chi connectivity index (χ3v) is 4.30. The van der Waals surface area contributed by atoms with Crippen molar-refractivity contribution in [2.45, 2.75) is 18.8 Å². The second-order valence-electron chi connectivity index (χ2n) is 6.14. The van der Waals surface area contributed by atoms with E-state index >= 15 is 0 Å². The first-order chi connectivity index (χ1) is 10.8. The fraction of sp³-hybridized carbons (Fsp3) is 0.533. The second kappa shape index (κ2) is 5.57. The minimum absolute atomic E-state index is 0.675. The van der Waals surface area contributed by atoms with Gasteiger partial charge in [0, 0.05) is 50.1 Å². The first-order valence-corrected chi connectivity index (χ1v) is 7.87. The maximum atomic E-state index is 4.62. The van der Waals surface area contributed by atoms with E-state index in [1.807, 2.05) is 6.07 Å². The van der Waals surface area contributed by atoms with Gasteiger partial charge >= 0.3 is 0 Å².